The lowest BCUT2D eigenvalue weighted by molar-refractivity contribution is 0.0960. The summed E-state index contributed by atoms with van der Waals surface area (Å²) in [6.07, 6.45) is -2.20. The SMILES string of the molecule is C.CN1CCN(c2ccc(N3C[C@H](CO)OC3=O)cc2F)CC1.O=C1O[C@@H](CO)CN1c1ccc(N2CCNCC2)c(F)c1. The van der Waals surface area contributed by atoms with Crippen LogP contribution in [0.2, 0.25) is 0 Å². The van der Waals surface area contributed by atoms with Crippen molar-refractivity contribution in [1.82, 2.24) is 10.2 Å². The van der Waals surface area contributed by atoms with E-state index in [1.807, 2.05) is 16.8 Å². The predicted octanol–water partition coefficient (Wildman–Crippen LogP) is 2.08. The van der Waals surface area contributed by atoms with E-state index in [1.54, 1.807) is 24.3 Å². The van der Waals surface area contributed by atoms with Gasteiger partial charge in [-0.05, 0) is 43.4 Å². The number of anilines is 4. The first-order chi connectivity index (χ1) is 20.8. The van der Waals surface area contributed by atoms with Gasteiger partial charge in [-0.3, -0.25) is 9.80 Å². The van der Waals surface area contributed by atoms with Crippen LogP contribution >= 0.6 is 0 Å². The number of benzene rings is 2. The number of nitrogens with zero attached hydrogens (tertiary/aromatic N) is 5. The van der Waals surface area contributed by atoms with Gasteiger partial charge in [0.05, 0.1) is 49.1 Å². The minimum atomic E-state index is -0.552. The second-order valence-corrected chi connectivity index (χ2v) is 10.9. The summed E-state index contributed by atoms with van der Waals surface area (Å²) in [5.41, 5.74) is 2.01. The Morgan fingerprint density at radius 2 is 1.18 bits per heavy atom. The zero-order valence-corrected chi connectivity index (χ0v) is 24.1. The Hall–Kier alpha value is -3.72. The Kier molecular flexibility index (Phi) is 11.2. The Labute approximate surface area is 256 Å². The molecule has 0 unspecified atom stereocenters. The number of ether oxygens (including phenoxy) is 2. The van der Waals surface area contributed by atoms with Crippen molar-refractivity contribution in [3.05, 3.63) is 48.0 Å². The van der Waals surface area contributed by atoms with Gasteiger partial charge in [-0.15, -0.1) is 0 Å². The van der Waals surface area contributed by atoms with Crippen molar-refractivity contribution < 1.29 is 38.1 Å². The summed E-state index contributed by atoms with van der Waals surface area (Å²) >= 11 is 0. The van der Waals surface area contributed by atoms with Crippen LogP contribution in [0.4, 0.5) is 41.1 Å². The van der Waals surface area contributed by atoms with E-state index in [1.165, 1.54) is 21.9 Å². The molecule has 4 aliphatic rings. The summed E-state index contributed by atoms with van der Waals surface area (Å²) in [7, 11) is 2.05. The molecule has 242 valence electrons. The zero-order chi connectivity index (χ0) is 30.5. The molecular weight excluding hydrogens is 578 g/mol. The lowest BCUT2D eigenvalue weighted by Crippen LogP contribution is -2.44. The molecule has 12 nitrogen and oxygen atoms in total. The minimum absolute atomic E-state index is 0. The van der Waals surface area contributed by atoms with Gasteiger partial charge in [0.25, 0.3) is 0 Å². The molecule has 0 bridgehead atoms. The minimum Gasteiger partial charge on any atom is -0.441 e. The molecule has 2 aromatic carbocycles. The molecule has 2 amide bonds. The fraction of sp³-hybridized carbons (Fsp3) is 0.533. The van der Waals surface area contributed by atoms with Crippen LogP contribution in [0.15, 0.2) is 36.4 Å². The third-order valence-corrected chi connectivity index (χ3v) is 7.94. The van der Waals surface area contributed by atoms with Crippen LogP contribution in [0.3, 0.4) is 0 Å². The van der Waals surface area contributed by atoms with E-state index in [0.29, 0.717) is 22.7 Å². The van der Waals surface area contributed by atoms with Crippen LogP contribution in [0.25, 0.3) is 0 Å². The first-order valence-corrected chi connectivity index (χ1v) is 14.4. The highest BCUT2D eigenvalue weighted by atomic mass is 19.1. The quantitative estimate of drug-likeness (QED) is 0.443. The predicted molar refractivity (Wildman–Crippen MR) is 164 cm³/mol. The van der Waals surface area contributed by atoms with E-state index in [2.05, 4.69) is 10.2 Å². The van der Waals surface area contributed by atoms with Crippen molar-refractivity contribution in [1.29, 1.82) is 0 Å². The van der Waals surface area contributed by atoms with E-state index in [0.717, 1.165) is 52.4 Å². The van der Waals surface area contributed by atoms with E-state index in [-0.39, 0.29) is 45.4 Å². The molecule has 0 aromatic heterocycles. The smallest absolute Gasteiger partial charge is 0.414 e. The molecule has 3 N–H and O–H groups in total. The number of aliphatic hydroxyl groups is 2. The molecule has 0 aliphatic carbocycles. The van der Waals surface area contributed by atoms with Gasteiger partial charge in [0, 0.05) is 52.4 Å². The lowest BCUT2D eigenvalue weighted by atomic mass is 10.2. The Morgan fingerprint density at radius 3 is 1.57 bits per heavy atom. The van der Waals surface area contributed by atoms with Crippen molar-refractivity contribution in [2.75, 3.05) is 105 Å². The van der Waals surface area contributed by atoms with Gasteiger partial charge in [0.1, 0.15) is 23.8 Å². The molecule has 6 rings (SSSR count). The molecule has 4 heterocycles. The molecule has 4 fully saturated rings. The summed E-state index contributed by atoms with van der Waals surface area (Å²) in [4.78, 5) is 32.3. The van der Waals surface area contributed by atoms with Crippen LogP contribution in [-0.4, -0.2) is 125 Å². The highest BCUT2D eigenvalue weighted by Crippen LogP contribution is 2.29. The third kappa shape index (κ3) is 7.49. The monoisotopic (exact) mass is 620 g/mol. The van der Waals surface area contributed by atoms with E-state index in [9.17, 15) is 18.4 Å². The first-order valence-electron chi connectivity index (χ1n) is 14.4. The topological polar surface area (TPSA) is 121 Å². The standard InChI is InChI=1S/C15H20FN3O3.C14H18FN3O3.CH4/c1-17-4-6-18(7-5-17)14-3-2-11(8-13(14)16)19-9-12(10-20)22-15(19)21;15-12-7-10(18-8-11(9-19)21-14(18)20)1-2-13(12)17-5-3-16-4-6-17;/h2-3,8,12,20H,4-7,9-10H2,1H3;1-2,7,11,16,19H,3-6,8-9H2;1H4/t12-;11-;/m11./s1. The average Bonchev–Trinajstić information content (AvgIpc) is 3.60. The number of cyclic esters (lactones) is 2. The second kappa shape index (κ2) is 14.8. The van der Waals surface area contributed by atoms with Crippen LogP contribution in [-0.2, 0) is 9.47 Å². The maximum Gasteiger partial charge on any atom is 0.414 e. The molecule has 44 heavy (non-hydrogen) atoms. The van der Waals surface area contributed by atoms with Gasteiger partial charge in [-0.25, -0.2) is 18.4 Å². The largest absolute Gasteiger partial charge is 0.441 e. The van der Waals surface area contributed by atoms with Crippen molar-refractivity contribution in [2.24, 2.45) is 0 Å². The number of hydrogen-bond acceptors (Lipinski definition) is 10. The van der Waals surface area contributed by atoms with E-state index < -0.39 is 24.4 Å². The zero-order valence-electron chi connectivity index (χ0n) is 24.1. The highest BCUT2D eigenvalue weighted by molar-refractivity contribution is 5.90. The number of rotatable bonds is 6. The normalized spacial score (nSPS) is 22.3. The number of amides is 2. The molecule has 0 radical (unpaired) electrons. The Bertz CT molecular complexity index is 1290. The molecule has 2 aromatic rings. The number of nitrogens with one attached hydrogen (secondary N) is 1. The van der Waals surface area contributed by atoms with Gasteiger partial charge in [-0.2, -0.15) is 0 Å². The maximum atomic E-state index is 14.4. The van der Waals surface area contributed by atoms with Gasteiger partial charge in [0.15, 0.2) is 0 Å². The number of likely N-dealkylation sites (N-methyl/N-ethyl adjacent to an activating group) is 1. The summed E-state index contributed by atoms with van der Waals surface area (Å²) < 4.78 is 38.6. The molecule has 0 spiro atoms. The van der Waals surface area contributed by atoms with Crippen LogP contribution < -0.4 is 24.9 Å². The highest BCUT2D eigenvalue weighted by Gasteiger charge is 2.33. The van der Waals surface area contributed by atoms with Gasteiger partial charge >= 0.3 is 12.2 Å². The average molecular weight is 621 g/mol. The van der Waals surface area contributed by atoms with E-state index in [4.69, 9.17) is 19.7 Å². The number of halogens is 2. The Balaban J connectivity index is 0.000000197. The fourth-order valence-electron chi connectivity index (χ4n) is 5.45. The van der Waals surface area contributed by atoms with Crippen molar-refractivity contribution in [3.63, 3.8) is 0 Å². The van der Waals surface area contributed by atoms with Crippen molar-refractivity contribution in [2.45, 2.75) is 19.6 Å². The molecule has 2 atom stereocenters. The molecule has 4 aliphatic heterocycles. The Morgan fingerprint density at radius 1 is 0.750 bits per heavy atom. The summed E-state index contributed by atoms with van der Waals surface area (Å²) in [5, 5.41) is 21.3. The molecule has 0 saturated carbocycles. The van der Waals surface area contributed by atoms with E-state index >= 15 is 0 Å². The number of carbonyl (C=O) groups is 2. The molecular formula is C30H42F2N6O6. The van der Waals surface area contributed by atoms with Crippen LogP contribution in [0.5, 0.6) is 0 Å². The number of aliphatic hydroxyl groups excluding tert-OH is 2. The van der Waals surface area contributed by atoms with Crippen LogP contribution in [0.1, 0.15) is 7.43 Å². The molecule has 14 heteroatoms. The third-order valence-electron chi connectivity index (χ3n) is 7.94. The fourth-order valence-corrected chi connectivity index (χ4v) is 5.45. The summed E-state index contributed by atoms with van der Waals surface area (Å²) in [5.74, 6) is -0.697. The maximum absolute atomic E-state index is 14.4. The van der Waals surface area contributed by atoms with Crippen LogP contribution in [0, 0.1) is 11.6 Å². The summed E-state index contributed by atoms with van der Waals surface area (Å²) in [6.45, 7) is 6.56. The summed E-state index contributed by atoms with van der Waals surface area (Å²) in [6, 6.07) is 9.53. The number of hydrogen-bond donors (Lipinski definition) is 3. The number of piperazine rings is 2. The first kappa shape index (κ1) is 33.2. The molecule has 4 saturated heterocycles. The van der Waals surface area contributed by atoms with Gasteiger partial charge in [-0.1, -0.05) is 7.43 Å². The van der Waals surface area contributed by atoms with Gasteiger partial charge < -0.3 is 39.7 Å². The van der Waals surface area contributed by atoms with Crippen molar-refractivity contribution >= 4 is 34.9 Å². The lowest BCUT2D eigenvalue weighted by Gasteiger charge is -2.34. The number of carbonyl (C=O) groups excluding carboxylic acids is 2. The second-order valence-electron chi connectivity index (χ2n) is 10.9. The van der Waals surface area contributed by atoms with Gasteiger partial charge in [0.2, 0.25) is 0 Å². The van der Waals surface area contributed by atoms with Crippen molar-refractivity contribution in [3.8, 4) is 0 Å².